The van der Waals surface area contributed by atoms with Gasteiger partial charge in [-0.2, -0.15) is 13.9 Å². The summed E-state index contributed by atoms with van der Waals surface area (Å²) in [5.74, 6) is -4.55. The van der Waals surface area contributed by atoms with Gasteiger partial charge in [-0.05, 0) is 39.8 Å². The van der Waals surface area contributed by atoms with E-state index >= 15 is 0 Å². The first kappa shape index (κ1) is 21.3. The van der Waals surface area contributed by atoms with Gasteiger partial charge in [-0.25, -0.2) is 9.37 Å². The molecule has 0 aliphatic heterocycles. The predicted octanol–water partition coefficient (Wildman–Crippen LogP) is 5.16. The van der Waals surface area contributed by atoms with E-state index in [2.05, 4.69) is 20.5 Å². The van der Waals surface area contributed by atoms with Crippen molar-refractivity contribution in [2.24, 2.45) is 0 Å². The maximum atomic E-state index is 15.0. The smallest absolute Gasteiger partial charge is 0.303 e. The fraction of sp³-hybridized carbons (Fsp3) is 0.350. The van der Waals surface area contributed by atoms with Crippen molar-refractivity contribution >= 4 is 28.2 Å². The van der Waals surface area contributed by atoms with Gasteiger partial charge >= 0.3 is 5.92 Å². The zero-order valence-corrected chi connectivity index (χ0v) is 17.0. The van der Waals surface area contributed by atoms with Gasteiger partial charge in [-0.3, -0.25) is 0 Å². The summed E-state index contributed by atoms with van der Waals surface area (Å²) in [7, 11) is 0. The molecule has 1 aromatic carbocycles. The highest BCUT2D eigenvalue weighted by molar-refractivity contribution is 6.30. The molecule has 0 saturated carbocycles. The molecule has 1 atom stereocenters. The molecular formula is C20H20ClF3N4O. The number of benzene rings is 1. The number of rotatable bonds is 5. The minimum Gasteiger partial charge on any atom is -0.384 e. The molecule has 0 aliphatic rings. The molecule has 0 radical (unpaired) electrons. The number of nitrogens with zero attached hydrogens (tertiary/aromatic N) is 3. The van der Waals surface area contributed by atoms with E-state index in [4.69, 9.17) is 11.6 Å². The second-order valence-electron chi connectivity index (χ2n) is 7.39. The molecule has 5 nitrogen and oxygen atoms in total. The lowest BCUT2D eigenvalue weighted by molar-refractivity contribution is -0.170. The number of pyridine rings is 1. The highest BCUT2D eigenvalue weighted by Crippen LogP contribution is 2.41. The van der Waals surface area contributed by atoms with Crippen LogP contribution in [0.25, 0.3) is 10.8 Å². The van der Waals surface area contributed by atoms with Crippen LogP contribution < -0.4 is 5.32 Å². The normalized spacial score (nSPS) is 13.6. The van der Waals surface area contributed by atoms with Gasteiger partial charge in [0.05, 0.1) is 17.3 Å². The lowest BCUT2D eigenvalue weighted by Crippen LogP contribution is -2.41. The van der Waals surface area contributed by atoms with Crippen LogP contribution in [0.4, 0.5) is 19.0 Å². The number of halogens is 4. The Labute approximate surface area is 170 Å². The first-order valence-electron chi connectivity index (χ1n) is 8.87. The van der Waals surface area contributed by atoms with Gasteiger partial charge in [-0.15, -0.1) is 5.10 Å². The summed E-state index contributed by atoms with van der Waals surface area (Å²) in [5.41, 5.74) is -2.66. The summed E-state index contributed by atoms with van der Waals surface area (Å²) in [6.07, 6.45) is 1.56. The molecule has 2 aromatic heterocycles. The fourth-order valence-electron chi connectivity index (χ4n) is 2.99. The molecule has 2 heterocycles. The highest BCUT2D eigenvalue weighted by atomic mass is 35.5. The van der Waals surface area contributed by atoms with Crippen LogP contribution in [-0.2, 0) is 5.92 Å². The molecule has 3 aromatic rings. The number of aromatic nitrogens is 3. The van der Waals surface area contributed by atoms with Crippen molar-refractivity contribution in [3.8, 4) is 0 Å². The van der Waals surface area contributed by atoms with Crippen LogP contribution >= 0.6 is 11.6 Å². The highest BCUT2D eigenvalue weighted by Gasteiger charge is 2.49. The molecular weight excluding hydrogens is 405 g/mol. The van der Waals surface area contributed by atoms with Gasteiger partial charge in [0.15, 0.2) is 5.82 Å². The van der Waals surface area contributed by atoms with Crippen molar-refractivity contribution < 1.29 is 18.3 Å². The number of aliphatic hydroxyl groups is 1. The summed E-state index contributed by atoms with van der Waals surface area (Å²) < 4.78 is 44.1. The lowest BCUT2D eigenvalue weighted by atomic mass is 9.91. The predicted molar refractivity (Wildman–Crippen MR) is 106 cm³/mol. The Hall–Kier alpha value is -2.45. The first-order valence-corrected chi connectivity index (χ1v) is 9.25. The molecule has 0 amide bonds. The minimum absolute atomic E-state index is 0.00195. The maximum Gasteiger partial charge on any atom is 0.303 e. The van der Waals surface area contributed by atoms with Crippen molar-refractivity contribution in [1.29, 1.82) is 0 Å². The Balaban J connectivity index is 2.02. The molecule has 9 heteroatoms. The summed E-state index contributed by atoms with van der Waals surface area (Å²) in [6.45, 7) is 5.25. The summed E-state index contributed by atoms with van der Waals surface area (Å²) >= 11 is 5.98. The van der Waals surface area contributed by atoms with Crippen LogP contribution in [0.1, 0.15) is 43.6 Å². The standard InChI is InChI=1S/C20H20ClF3N4O/c1-10(12-6-5-7-15(17(12)22)20(23,24)19(3,4)29)26-18-13-8-16(21)25-9-14(13)11(2)27-28-18/h5-10,29H,1-4H3,(H,26,28). The fourth-order valence-corrected chi connectivity index (χ4v) is 3.15. The number of anilines is 1. The third kappa shape index (κ3) is 3.86. The number of aryl methyl sites for hydroxylation is 1. The van der Waals surface area contributed by atoms with Crippen LogP contribution in [0, 0.1) is 12.7 Å². The van der Waals surface area contributed by atoms with Gasteiger partial charge in [0.2, 0.25) is 0 Å². The van der Waals surface area contributed by atoms with Crippen LogP contribution in [0.15, 0.2) is 30.5 Å². The van der Waals surface area contributed by atoms with Gasteiger partial charge < -0.3 is 10.4 Å². The number of fused-ring (bicyclic) bond motifs is 1. The van der Waals surface area contributed by atoms with Crippen molar-refractivity contribution in [3.05, 3.63) is 58.3 Å². The second kappa shape index (κ2) is 7.42. The van der Waals surface area contributed by atoms with E-state index in [1.807, 2.05) is 0 Å². The van der Waals surface area contributed by atoms with Gasteiger partial charge in [0.25, 0.3) is 0 Å². The SMILES string of the molecule is Cc1nnc(NC(C)c2cccc(C(F)(F)C(C)(C)O)c2F)c2cc(Cl)ncc12. The van der Waals surface area contributed by atoms with Crippen molar-refractivity contribution in [1.82, 2.24) is 15.2 Å². The zero-order chi connectivity index (χ0) is 21.6. The monoisotopic (exact) mass is 424 g/mol. The maximum absolute atomic E-state index is 15.0. The second-order valence-corrected chi connectivity index (χ2v) is 7.78. The summed E-state index contributed by atoms with van der Waals surface area (Å²) in [4.78, 5) is 4.03. The Kier molecular flexibility index (Phi) is 5.44. The molecule has 2 N–H and O–H groups in total. The third-order valence-electron chi connectivity index (χ3n) is 4.77. The van der Waals surface area contributed by atoms with E-state index < -0.39 is 28.9 Å². The van der Waals surface area contributed by atoms with E-state index in [0.29, 0.717) is 22.3 Å². The quantitative estimate of drug-likeness (QED) is 0.553. The Bertz CT molecular complexity index is 1070. The van der Waals surface area contributed by atoms with E-state index in [9.17, 15) is 18.3 Å². The van der Waals surface area contributed by atoms with E-state index in [-0.39, 0.29) is 10.7 Å². The number of nitrogens with one attached hydrogen (secondary N) is 1. The number of alkyl halides is 2. The summed E-state index contributed by atoms with van der Waals surface area (Å²) in [6, 6.07) is 4.57. The number of hydrogen-bond donors (Lipinski definition) is 2. The van der Waals surface area contributed by atoms with E-state index in [0.717, 1.165) is 19.9 Å². The third-order valence-corrected chi connectivity index (χ3v) is 4.98. The first-order chi connectivity index (χ1) is 13.4. The number of hydrogen-bond acceptors (Lipinski definition) is 5. The lowest BCUT2D eigenvalue weighted by Gasteiger charge is -2.30. The van der Waals surface area contributed by atoms with Crippen LogP contribution in [0.5, 0.6) is 0 Å². The largest absolute Gasteiger partial charge is 0.384 e. The minimum atomic E-state index is -3.78. The average Bonchev–Trinajstić information content (AvgIpc) is 2.63. The topological polar surface area (TPSA) is 70.9 Å². The zero-order valence-electron chi connectivity index (χ0n) is 16.3. The van der Waals surface area contributed by atoms with E-state index in [1.54, 1.807) is 26.1 Å². The Morgan fingerprint density at radius 1 is 1.17 bits per heavy atom. The van der Waals surface area contributed by atoms with Crippen LogP contribution in [0.2, 0.25) is 5.15 Å². The van der Waals surface area contributed by atoms with Gasteiger partial charge in [0, 0.05) is 22.5 Å². The summed E-state index contributed by atoms with van der Waals surface area (Å²) in [5, 5.41) is 22.5. The van der Waals surface area contributed by atoms with Gasteiger partial charge in [-0.1, -0.05) is 23.7 Å². The van der Waals surface area contributed by atoms with Gasteiger partial charge in [0.1, 0.15) is 16.6 Å². The molecule has 29 heavy (non-hydrogen) atoms. The van der Waals surface area contributed by atoms with Crippen LogP contribution in [-0.4, -0.2) is 25.9 Å². The van der Waals surface area contributed by atoms with E-state index in [1.165, 1.54) is 12.1 Å². The Morgan fingerprint density at radius 2 is 1.86 bits per heavy atom. The molecule has 0 fully saturated rings. The van der Waals surface area contributed by atoms with Crippen molar-refractivity contribution in [2.75, 3.05) is 5.32 Å². The van der Waals surface area contributed by atoms with Crippen molar-refractivity contribution in [2.45, 2.75) is 45.3 Å². The molecule has 0 aliphatic carbocycles. The molecule has 0 bridgehead atoms. The molecule has 0 saturated heterocycles. The molecule has 154 valence electrons. The molecule has 3 rings (SSSR count). The Morgan fingerprint density at radius 3 is 2.52 bits per heavy atom. The van der Waals surface area contributed by atoms with Crippen LogP contribution in [0.3, 0.4) is 0 Å². The average molecular weight is 425 g/mol. The molecule has 0 spiro atoms. The molecule has 1 unspecified atom stereocenters. The van der Waals surface area contributed by atoms with Crippen molar-refractivity contribution in [3.63, 3.8) is 0 Å².